The molecule has 0 radical (unpaired) electrons. The summed E-state index contributed by atoms with van der Waals surface area (Å²) in [5.74, 6) is -0.213. The van der Waals surface area contributed by atoms with Gasteiger partial charge in [-0.3, -0.25) is 0 Å². The lowest BCUT2D eigenvalue weighted by atomic mass is 10.0. The molecule has 1 aliphatic rings. The van der Waals surface area contributed by atoms with Gasteiger partial charge in [0, 0.05) is 11.6 Å². The molecular formula is C12H16FNO2. The molecular weight excluding hydrogens is 209 g/mol. The third kappa shape index (κ3) is 2.27. The van der Waals surface area contributed by atoms with Crippen molar-refractivity contribution < 1.29 is 14.2 Å². The molecule has 3 N–H and O–H groups in total. The zero-order valence-corrected chi connectivity index (χ0v) is 9.29. The zero-order valence-electron chi connectivity index (χ0n) is 9.29. The lowest BCUT2D eigenvalue weighted by molar-refractivity contribution is 0.369. The van der Waals surface area contributed by atoms with Gasteiger partial charge in [-0.1, -0.05) is 0 Å². The number of benzene rings is 1. The minimum absolute atomic E-state index is 0.0271. The molecule has 1 aromatic rings. The first-order valence-electron chi connectivity index (χ1n) is 5.38. The minimum Gasteiger partial charge on any atom is -0.504 e. The average Bonchev–Trinajstić information content (AvgIpc) is 2.98. The van der Waals surface area contributed by atoms with Crippen LogP contribution in [0.5, 0.6) is 11.5 Å². The number of ether oxygens (including phenoxy) is 1. The second kappa shape index (κ2) is 3.94. The van der Waals surface area contributed by atoms with Gasteiger partial charge in [0.25, 0.3) is 0 Å². The van der Waals surface area contributed by atoms with Crippen molar-refractivity contribution in [3.05, 3.63) is 23.5 Å². The molecule has 0 aliphatic heterocycles. The molecule has 2 rings (SSSR count). The summed E-state index contributed by atoms with van der Waals surface area (Å²) in [7, 11) is 1.40. The summed E-state index contributed by atoms with van der Waals surface area (Å²) in [6, 6.07) is 2.63. The summed E-state index contributed by atoms with van der Waals surface area (Å²) in [6.07, 6.45) is 3.34. The summed E-state index contributed by atoms with van der Waals surface area (Å²) >= 11 is 0. The standard InChI is InChI=1S/C12H16FNO2/c1-16-11-7-9(13)8(6-10(11)15)2-3-12(14)4-5-12/h6-7,15H,2-5,14H2,1H3. The SMILES string of the molecule is COc1cc(F)c(CCC2(N)CC2)cc1O. The number of hydrogen-bond acceptors (Lipinski definition) is 3. The Bertz CT molecular complexity index is 402. The van der Waals surface area contributed by atoms with Gasteiger partial charge < -0.3 is 15.6 Å². The van der Waals surface area contributed by atoms with E-state index in [4.69, 9.17) is 10.5 Å². The fraction of sp³-hybridized carbons (Fsp3) is 0.500. The molecule has 0 unspecified atom stereocenters. The second-order valence-electron chi connectivity index (χ2n) is 4.48. The van der Waals surface area contributed by atoms with E-state index in [-0.39, 0.29) is 22.9 Å². The zero-order chi connectivity index (χ0) is 11.8. The van der Waals surface area contributed by atoms with Crippen molar-refractivity contribution in [2.75, 3.05) is 7.11 Å². The summed E-state index contributed by atoms with van der Waals surface area (Å²) in [5.41, 5.74) is 6.33. The maximum atomic E-state index is 13.6. The molecule has 88 valence electrons. The number of rotatable bonds is 4. The average molecular weight is 225 g/mol. The lowest BCUT2D eigenvalue weighted by Crippen LogP contribution is -2.22. The fourth-order valence-corrected chi connectivity index (χ4v) is 1.74. The van der Waals surface area contributed by atoms with E-state index < -0.39 is 0 Å². The van der Waals surface area contributed by atoms with Crippen LogP contribution in [0.1, 0.15) is 24.8 Å². The number of nitrogens with two attached hydrogens (primary N) is 1. The number of methoxy groups -OCH3 is 1. The Labute approximate surface area is 94.0 Å². The normalized spacial score (nSPS) is 17.2. The molecule has 0 spiro atoms. The van der Waals surface area contributed by atoms with E-state index in [1.807, 2.05) is 0 Å². The molecule has 1 saturated carbocycles. The van der Waals surface area contributed by atoms with Crippen LogP contribution >= 0.6 is 0 Å². The van der Waals surface area contributed by atoms with E-state index in [1.165, 1.54) is 19.2 Å². The lowest BCUT2D eigenvalue weighted by Gasteiger charge is -2.10. The summed E-state index contributed by atoms with van der Waals surface area (Å²) in [4.78, 5) is 0. The molecule has 0 saturated heterocycles. The number of phenols is 1. The van der Waals surface area contributed by atoms with E-state index in [1.54, 1.807) is 0 Å². The fourth-order valence-electron chi connectivity index (χ4n) is 1.74. The molecule has 0 heterocycles. The van der Waals surface area contributed by atoms with Gasteiger partial charge in [0.05, 0.1) is 7.11 Å². The van der Waals surface area contributed by atoms with Crippen LogP contribution in [0.2, 0.25) is 0 Å². The Kier molecular flexibility index (Phi) is 2.76. The number of aromatic hydroxyl groups is 1. The van der Waals surface area contributed by atoms with Crippen molar-refractivity contribution in [1.29, 1.82) is 0 Å². The van der Waals surface area contributed by atoms with Crippen LogP contribution in [0, 0.1) is 5.82 Å². The van der Waals surface area contributed by atoms with E-state index in [2.05, 4.69) is 0 Å². The van der Waals surface area contributed by atoms with Crippen molar-refractivity contribution >= 4 is 0 Å². The highest BCUT2D eigenvalue weighted by Gasteiger charge is 2.37. The van der Waals surface area contributed by atoms with Gasteiger partial charge in [-0.15, -0.1) is 0 Å². The van der Waals surface area contributed by atoms with E-state index in [0.29, 0.717) is 12.0 Å². The summed E-state index contributed by atoms with van der Waals surface area (Å²) in [6.45, 7) is 0. The number of halogens is 1. The molecule has 0 aromatic heterocycles. The van der Waals surface area contributed by atoms with E-state index >= 15 is 0 Å². The first-order valence-corrected chi connectivity index (χ1v) is 5.38. The molecule has 0 atom stereocenters. The molecule has 16 heavy (non-hydrogen) atoms. The first kappa shape index (κ1) is 11.2. The van der Waals surface area contributed by atoms with Crippen LogP contribution in [-0.4, -0.2) is 17.8 Å². The Balaban J connectivity index is 2.11. The van der Waals surface area contributed by atoms with Crippen LogP contribution in [0.4, 0.5) is 4.39 Å². The number of aryl methyl sites for hydroxylation is 1. The van der Waals surface area contributed by atoms with Gasteiger partial charge >= 0.3 is 0 Å². The van der Waals surface area contributed by atoms with E-state index in [0.717, 1.165) is 19.3 Å². The van der Waals surface area contributed by atoms with Gasteiger partial charge in [-0.25, -0.2) is 4.39 Å². The summed E-state index contributed by atoms with van der Waals surface area (Å²) < 4.78 is 18.4. The van der Waals surface area contributed by atoms with Crippen molar-refractivity contribution in [2.24, 2.45) is 5.73 Å². The van der Waals surface area contributed by atoms with Gasteiger partial charge in [0.1, 0.15) is 5.82 Å². The van der Waals surface area contributed by atoms with Crippen molar-refractivity contribution in [3.63, 3.8) is 0 Å². The highest BCUT2D eigenvalue weighted by molar-refractivity contribution is 5.42. The van der Waals surface area contributed by atoms with Crippen LogP contribution in [0.15, 0.2) is 12.1 Å². The third-order valence-corrected chi connectivity index (χ3v) is 3.13. The number of phenolic OH excluding ortho intramolecular Hbond substituents is 1. The highest BCUT2D eigenvalue weighted by atomic mass is 19.1. The highest BCUT2D eigenvalue weighted by Crippen LogP contribution is 2.37. The molecule has 1 fully saturated rings. The summed E-state index contributed by atoms with van der Waals surface area (Å²) in [5, 5.41) is 9.54. The van der Waals surface area contributed by atoms with Crippen LogP contribution in [-0.2, 0) is 6.42 Å². The minimum atomic E-state index is -0.348. The molecule has 3 nitrogen and oxygen atoms in total. The maximum Gasteiger partial charge on any atom is 0.163 e. The second-order valence-corrected chi connectivity index (χ2v) is 4.48. The van der Waals surface area contributed by atoms with E-state index in [9.17, 15) is 9.50 Å². The van der Waals surface area contributed by atoms with Gasteiger partial charge in [-0.2, -0.15) is 0 Å². The molecule has 0 bridgehead atoms. The predicted molar refractivity (Wildman–Crippen MR) is 59.1 cm³/mol. The number of hydrogen-bond donors (Lipinski definition) is 2. The Hall–Kier alpha value is -1.29. The Morgan fingerprint density at radius 2 is 2.19 bits per heavy atom. The molecule has 1 aromatic carbocycles. The van der Waals surface area contributed by atoms with Gasteiger partial charge in [-0.05, 0) is 37.3 Å². The quantitative estimate of drug-likeness (QED) is 0.823. The van der Waals surface area contributed by atoms with Crippen LogP contribution in [0.25, 0.3) is 0 Å². The van der Waals surface area contributed by atoms with Crippen molar-refractivity contribution in [2.45, 2.75) is 31.2 Å². The first-order chi connectivity index (χ1) is 7.54. The molecule has 4 heteroatoms. The van der Waals surface area contributed by atoms with Gasteiger partial charge in [0.15, 0.2) is 11.5 Å². The monoisotopic (exact) mass is 225 g/mol. The maximum absolute atomic E-state index is 13.6. The van der Waals surface area contributed by atoms with Crippen LogP contribution in [0.3, 0.4) is 0 Å². The topological polar surface area (TPSA) is 55.5 Å². The smallest absolute Gasteiger partial charge is 0.163 e. The Morgan fingerprint density at radius 3 is 2.75 bits per heavy atom. The predicted octanol–water partition coefficient (Wildman–Crippen LogP) is 1.96. The van der Waals surface area contributed by atoms with Gasteiger partial charge in [0.2, 0.25) is 0 Å². The molecule has 1 aliphatic carbocycles. The molecule has 0 amide bonds. The largest absolute Gasteiger partial charge is 0.504 e. The van der Waals surface area contributed by atoms with Crippen molar-refractivity contribution in [1.82, 2.24) is 0 Å². The van der Waals surface area contributed by atoms with Crippen LogP contribution < -0.4 is 10.5 Å². The van der Waals surface area contributed by atoms with Crippen molar-refractivity contribution in [3.8, 4) is 11.5 Å². The third-order valence-electron chi connectivity index (χ3n) is 3.13. The Morgan fingerprint density at radius 1 is 1.50 bits per heavy atom.